The summed E-state index contributed by atoms with van der Waals surface area (Å²) in [6.07, 6.45) is 1.72. The van der Waals surface area contributed by atoms with Gasteiger partial charge in [0.05, 0.1) is 6.54 Å². The van der Waals surface area contributed by atoms with Gasteiger partial charge in [0.1, 0.15) is 11.2 Å². The van der Waals surface area contributed by atoms with Gasteiger partial charge in [-0.25, -0.2) is 9.18 Å². The summed E-state index contributed by atoms with van der Waals surface area (Å²) < 4.78 is 13.1. The van der Waals surface area contributed by atoms with Crippen molar-refractivity contribution in [3.8, 4) is 0 Å². The van der Waals surface area contributed by atoms with E-state index < -0.39 is 29.1 Å². The Bertz CT molecular complexity index is 610. The molecule has 1 aromatic rings. The predicted molar refractivity (Wildman–Crippen MR) is 66.8 cm³/mol. The Morgan fingerprint density at radius 2 is 2.00 bits per heavy atom. The summed E-state index contributed by atoms with van der Waals surface area (Å²) >= 11 is 0. The van der Waals surface area contributed by atoms with Crippen LogP contribution in [0.5, 0.6) is 0 Å². The van der Waals surface area contributed by atoms with Crippen LogP contribution in [-0.4, -0.2) is 22.7 Å². The van der Waals surface area contributed by atoms with Crippen LogP contribution in [0.2, 0.25) is 0 Å². The average molecular weight is 276 g/mol. The molecule has 20 heavy (non-hydrogen) atoms. The molecule has 0 unspecified atom stereocenters. The van der Waals surface area contributed by atoms with Crippen LogP contribution < -0.4 is 5.32 Å². The fourth-order valence-electron chi connectivity index (χ4n) is 2.66. The van der Waals surface area contributed by atoms with Crippen LogP contribution in [0.3, 0.4) is 0 Å². The Balaban J connectivity index is 1.86. The number of nitrogens with zero attached hydrogens (tertiary/aromatic N) is 1. The molecule has 1 N–H and O–H groups in total. The summed E-state index contributed by atoms with van der Waals surface area (Å²) in [4.78, 5) is 37.0. The van der Waals surface area contributed by atoms with Crippen LogP contribution in [0.25, 0.3) is 0 Å². The fraction of sp³-hybridized carbons (Fsp3) is 0.357. The smallest absolute Gasteiger partial charge is 0.277 e. The zero-order valence-corrected chi connectivity index (χ0v) is 10.7. The number of imide groups is 2. The van der Waals surface area contributed by atoms with Crippen molar-refractivity contribution in [2.75, 3.05) is 0 Å². The summed E-state index contributed by atoms with van der Waals surface area (Å²) in [5.41, 5.74) is -0.571. The van der Waals surface area contributed by atoms with Gasteiger partial charge in [0.2, 0.25) is 11.8 Å². The summed E-state index contributed by atoms with van der Waals surface area (Å²) in [6.45, 7) is -0.0303. The summed E-state index contributed by atoms with van der Waals surface area (Å²) in [5.74, 6) is -1.40. The Kier molecular flexibility index (Phi) is 2.81. The minimum absolute atomic E-state index is 0.0303. The number of benzene rings is 1. The molecule has 0 atom stereocenters. The van der Waals surface area contributed by atoms with Gasteiger partial charge < -0.3 is 0 Å². The Hall–Kier alpha value is -2.24. The van der Waals surface area contributed by atoms with Gasteiger partial charge in [-0.05, 0) is 30.5 Å². The second-order valence-corrected chi connectivity index (χ2v) is 5.22. The van der Waals surface area contributed by atoms with Crippen molar-refractivity contribution in [2.45, 2.75) is 25.8 Å². The largest absolute Gasteiger partial charge is 0.331 e. The van der Waals surface area contributed by atoms with Crippen LogP contribution >= 0.6 is 0 Å². The number of hydrogen-bond acceptors (Lipinski definition) is 3. The molecule has 1 aliphatic carbocycles. The summed E-state index contributed by atoms with van der Waals surface area (Å²) in [7, 11) is 0. The minimum Gasteiger partial charge on any atom is -0.277 e. The van der Waals surface area contributed by atoms with Crippen LogP contribution in [0.1, 0.15) is 24.8 Å². The summed E-state index contributed by atoms with van der Waals surface area (Å²) in [6, 6.07) is 4.97. The molecule has 1 saturated heterocycles. The molecular formula is C14H13FN2O3. The zero-order chi connectivity index (χ0) is 14.3. The van der Waals surface area contributed by atoms with Crippen molar-refractivity contribution < 1.29 is 18.8 Å². The molecule has 2 aliphatic rings. The molecule has 6 heteroatoms. The number of urea groups is 1. The van der Waals surface area contributed by atoms with E-state index in [0.717, 1.165) is 11.3 Å². The van der Waals surface area contributed by atoms with E-state index in [-0.39, 0.29) is 6.54 Å². The standard InChI is InChI=1S/C14H13FN2O3/c15-10-4-1-3-9(7-10)8-17-12(19)14(5-2-6-14)11(18)16-13(17)20/h1,3-4,7H,2,5-6,8H2,(H,16,18,20). The maximum Gasteiger partial charge on any atom is 0.331 e. The topological polar surface area (TPSA) is 66.5 Å². The van der Waals surface area contributed by atoms with Gasteiger partial charge in [-0.1, -0.05) is 18.6 Å². The van der Waals surface area contributed by atoms with Crippen molar-refractivity contribution in [1.82, 2.24) is 10.2 Å². The molecule has 3 rings (SSSR count). The molecule has 0 bridgehead atoms. The van der Waals surface area contributed by atoms with Gasteiger partial charge in [0, 0.05) is 0 Å². The van der Waals surface area contributed by atoms with E-state index in [9.17, 15) is 18.8 Å². The van der Waals surface area contributed by atoms with Crippen molar-refractivity contribution in [3.05, 3.63) is 35.6 Å². The van der Waals surface area contributed by atoms with E-state index >= 15 is 0 Å². The predicted octanol–water partition coefficient (Wildman–Crippen LogP) is 1.57. The zero-order valence-electron chi connectivity index (χ0n) is 10.7. The lowest BCUT2D eigenvalue weighted by molar-refractivity contribution is -0.158. The minimum atomic E-state index is -1.08. The quantitative estimate of drug-likeness (QED) is 0.834. The number of hydrogen-bond donors (Lipinski definition) is 1. The number of barbiturate groups is 1. The second-order valence-electron chi connectivity index (χ2n) is 5.22. The van der Waals surface area contributed by atoms with E-state index in [2.05, 4.69) is 5.32 Å². The molecule has 4 amide bonds. The Labute approximate surface area is 114 Å². The Morgan fingerprint density at radius 1 is 1.25 bits per heavy atom. The van der Waals surface area contributed by atoms with Gasteiger partial charge in [0.15, 0.2) is 0 Å². The molecule has 1 heterocycles. The average Bonchev–Trinajstić information content (AvgIpc) is 2.33. The highest BCUT2D eigenvalue weighted by atomic mass is 19.1. The van der Waals surface area contributed by atoms with Gasteiger partial charge >= 0.3 is 6.03 Å². The number of carbonyl (C=O) groups is 3. The van der Waals surface area contributed by atoms with Crippen molar-refractivity contribution in [2.24, 2.45) is 5.41 Å². The number of halogens is 1. The third-order valence-corrected chi connectivity index (χ3v) is 3.99. The number of nitrogens with one attached hydrogen (secondary N) is 1. The molecule has 0 aromatic heterocycles. The van der Waals surface area contributed by atoms with E-state index in [1.165, 1.54) is 18.2 Å². The van der Waals surface area contributed by atoms with Crippen LogP contribution in [0.4, 0.5) is 9.18 Å². The van der Waals surface area contributed by atoms with Crippen LogP contribution in [0, 0.1) is 11.2 Å². The lowest BCUT2D eigenvalue weighted by atomic mass is 9.66. The highest BCUT2D eigenvalue weighted by Gasteiger charge is 2.57. The Morgan fingerprint density at radius 3 is 2.60 bits per heavy atom. The first kappa shape index (κ1) is 12.8. The number of rotatable bonds is 2. The van der Waals surface area contributed by atoms with E-state index in [1.54, 1.807) is 6.07 Å². The molecule has 2 fully saturated rings. The first-order valence-corrected chi connectivity index (χ1v) is 6.45. The maximum atomic E-state index is 13.1. The molecule has 1 spiro atoms. The fourth-order valence-corrected chi connectivity index (χ4v) is 2.66. The highest BCUT2D eigenvalue weighted by molar-refractivity contribution is 6.19. The molecule has 1 saturated carbocycles. The maximum absolute atomic E-state index is 13.1. The summed E-state index contributed by atoms with van der Waals surface area (Å²) in [5, 5.41) is 2.22. The normalized spacial score (nSPS) is 20.9. The third kappa shape index (κ3) is 1.79. The van der Waals surface area contributed by atoms with Crippen LogP contribution in [0.15, 0.2) is 24.3 Å². The highest BCUT2D eigenvalue weighted by Crippen LogP contribution is 2.44. The lowest BCUT2D eigenvalue weighted by Gasteiger charge is -2.44. The van der Waals surface area contributed by atoms with Gasteiger partial charge in [-0.2, -0.15) is 0 Å². The molecule has 1 aromatic carbocycles. The SMILES string of the molecule is O=C1NC(=O)C2(CCC2)C(=O)N1Cc1cccc(F)c1. The van der Waals surface area contributed by atoms with Gasteiger partial charge in [0.25, 0.3) is 0 Å². The van der Waals surface area contributed by atoms with E-state index in [0.29, 0.717) is 18.4 Å². The first-order chi connectivity index (χ1) is 9.53. The molecule has 0 radical (unpaired) electrons. The van der Waals surface area contributed by atoms with Gasteiger partial charge in [-0.15, -0.1) is 0 Å². The second kappa shape index (κ2) is 4.40. The molecule has 104 valence electrons. The van der Waals surface area contributed by atoms with E-state index in [4.69, 9.17) is 0 Å². The van der Waals surface area contributed by atoms with Crippen molar-refractivity contribution in [1.29, 1.82) is 0 Å². The monoisotopic (exact) mass is 276 g/mol. The van der Waals surface area contributed by atoms with E-state index in [1.807, 2.05) is 0 Å². The number of carbonyl (C=O) groups excluding carboxylic acids is 3. The molecule has 5 nitrogen and oxygen atoms in total. The van der Waals surface area contributed by atoms with Crippen LogP contribution in [-0.2, 0) is 16.1 Å². The van der Waals surface area contributed by atoms with Gasteiger partial charge in [-0.3, -0.25) is 19.8 Å². The van der Waals surface area contributed by atoms with Crippen molar-refractivity contribution >= 4 is 17.8 Å². The van der Waals surface area contributed by atoms with Crippen molar-refractivity contribution in [3.63, 3.8) is 0 Å². The third-order valence-electron chi connectivity index (χ3n) is 3.99. The lowest BCUT2D eigenvalue weighted by Crippen LogP contribution is -2.65. The molecular weight excluding hydrogens is 263 g/mol. The molecule has 1 aliphatic heterocycles. The first-order valence-electron chi connectivity index (χ1n) is 6.45. The number of amides is 4.